The molecule has 94 valence electrons. The number of aliphatic hydroxyl groups excluding tert-OH is 1. The van der Waals surface area contributed by atoms with Crippen molar-refractivity contribution in [1.82, 2.24) is 0 Å². The van der Waals surface area contributed by atoms with E-state index in [1.54, 1.807) is 12.1 Å². The van der Waals surface area contributed by atoms with E-state index in [0.717, 1.165) is 0 Å². The molecule has 0 saturated heterocycles. The Bertz CT molecular complexity index is 397. The lowest BCUT2D eigenvalue weighted by molar-refractivity contribution is 0.124. The molecule has 0 amide bonds. The zero-order valence-corrected chi connectivity index (χ0v) is 10.4. The Morgan fingerprint density at radius 3 is 2.65 bits per heavy atom. The number of halogens is 1. The smallest absolute Gasteiger partial charge is 0.142 e. The number of oxime groups is 1. The molecule has 0 aromatic heterocycles. The van der Waals surface area contributed by atoms with Crippen LogP contribution in [0.5, 0.6) is 0 Å². The summed E-state index contributed by atoms with van der Waals surface area (Å²) in [6.07, 6.45) is 0. The van der Waals surface area contributed by atoms with Gasteiger partial charge in [-0.1, -0.05) is 38.1 Å². The second kappa shape index (κ2) is 5.77. The standard InChI is InChI=1S/C13H18FNO2/c1-13(2,3)12(8-16)15-17-9-10-5-4-6-11(14)7-10/h4-7,16H,8-9H2,1-3H3/b15-12+. The quantitative estimate of drug-likeness (QED) is 0.648. The van der Waals surface area contributed by atoms with Gasteiger partial charge in [0.2, 0.25) is 0 Å². The van der Waals surface area contributed by atoms with Crippen LogP contribution >= 0.6 is 0 Å². The van der Waals surface area contributed by atoms with Crippen LogP contribution in [-0.4, -0.2) is 17.4 Å². The minimum Gasteiger partial charge on any atom is -0.391 e. The molecule has 0 aliphatic rings. The van der Waals surface area contributed by atoms with E-state index in [4.69, 9.17) is 9.94 Å². The summed E-state index contributed by atoms with van der Waals surface area (Å²) in [7, 11) is 0. The Labute approximate surface area is 101 Å². The maximum atomic E-state index is 12.9. The summed E-state index contributed by atoms with van der Waals surface area (Å²) in [5.41, 5.74) is 1.03. The number of hydrogen-bond acceptors (Lipinski definition) is 3. The number of nitrogens with zero attached hydrogens (tertiary/aromatic N) is 1. The zero-order valence-electron chi connectivity index (χ0n) is 10.4. The van der Waals surface area contributed by atoms with Gasteiger partial charge in [-0.25, -0.2) is 4.39 Å². The highest BCUT2D eigenvalue weighted by molar-refractivity contribution is 5.89. The van der Waals surface area contributed by atoms with Crippen LogP contribution in [0.2, 0.25) is 0 Å². The molecule has 3 nitrogen and oxygen atoms in total. The zero-order chi connectivity index (χ0) is 12.9. The maximum absolute atomic E-state index is 12.9. The van der Waals surface area contributed by atoms with Gasteiger partial charge in [0.05, 0.1) is 12.3 Å². The minimum absolute atomic E-state index is 0.146. The van der Waals surface area contributed by atoms with Gasteiger partial charge >= 0.3 is 0 Å². The molecule has 0 heterocycles. The van der Waals surface area contributed by atoms with E-state index in [1.165, 1.54) is 12.1 Å². The largest absolute Gasteiger partial charge is 0.391 e. The monoisotopic (exact) mass is 239 g/mol. The van der Waals surface area contributed by atoms with Crippen LogP contribution in [0, 0.1) is 11.2 Å². The highest BCUT2D eigenvalue weighted by Crippen LogP contribution is 2.16. The van der Waals surface area contributed by atoms with Crippen molar-refractivity contribution in [2.24, 2.45) is 10.6 Å². The number of aliphatic hydroxyl groups is 1. The SMILES string of the molecule is CC(C)(C)/C(CO)=N/OCc1cccc(F)c1. The van der Waals surface area contributed by atoms with Crippen molar-refractivity contribution in [3.8, 4) is 0 Å². The first-order valence-electron chi connectivity index (χ1n) is 5.48. The van der Waals surface area contributed by atoms with Crippen LogP contribution in [0.3, 0.4) is 0 Å². The summed E-state index contributed by atoms with van der Waals surface area (Å²) in [5.74, 6) is -0.298. The van der Waals surface area contributed by atoms with E-state index < -0.39 is 0 Å². The molecule has 1 N–H and O–H groups in total. The van der Waals surface area contributed by atoms with Crippen molar-refractivity contribution in [3.63, 3.8) is 0 Å². The van der Waals surface area contributed by atoms with Crippen LogP contribution < -0.4 is 0 Å². The number of hydrogen-bond donors (Lipinski definition) is 1. The first-order chi connectivity index (χ1) is 7.93. The van der Waals surface area contributed by atoms with Crippen LogP contribution in [-0.2, 0) is 11.4 Å². The van der Waals surface area contributed by atoms with E-state index in [0.29, 0.717) is 11.3 Å². The summed E-state index contributed by atoms with van der Waals surface area (Å²) < 4.78 is 12.9. The predicted molar refractivity (Wildman–Crippen MR) is 65.2 cm³/mol. The fraction of sp³-hybridized carbons (Fsp3) is 0.462. The first-order valence-corrected chi connectivity index (χ1v) is 5.48. The van der Waals surface area contributed by atoms with Crippen molar-refractivity contribution in [3.05, 3.63) is 35.6 Å². The molecule has 0 spiro atoms. The van der Waals surface area contributed by atoms with Crippen LogP contribution in [0.25, 0.3) is 0 Å². The first kappa shape index (κ1) is 13.6. The van der Waals surface area contributed by atoms with Gasteiger partial charge in [0.25, 0.3) is 0 Å². The van der Waals surface area contributed by atoms with Crippen LogP contribution in [0.15, 0.2) is 29.4 Å². The normalized spacial score (nSPS) is 12.6. The average Bonchev–Trinajstić information content (AvgIpc) is 2.22. The van der Waals surface area contributed by atoms with Gasteiger partial charge in [-0.15, -0.1) is 0 Å². The van der Waals surface area contributed by atoms with Gasteiger partial charge in [-0.2, -0.15) is 0 Å². The summed E-state index contributed by atoms with van der Waals surface area (Å²) in [5, 5.41) is 13.0. The van der Waals surface area contributed by atoms with E-state index in [9.17, 15) is 4.39 Å². The minimum atomic E-state index is -0.298. The number of benzene rings is 1. The van der Waals surface area contributed by atoms with Gasteiger partial charge in [0.1, 0.15) is 12.4 Å². The fourth-order valence-corrected chi connectivity index (χ4v) is 1.21. The van der Waals surface area contributed by atoms with Gasteiger partial charge in [-0.05, 0) is 17.7 Å². The second-order valence-electron chi connectivity index (χ2n) is 4.85. The molecule has 1 aromatic carbocycles. The third-order valence-electron chi connectivity index (χ3n) is 2.31. The molecule has 1 aromatic rings. The Morgan fingerprint density at radius 1 is 1.41 bits per heavy atom. The Kier molecular flexibility index (Phi) is 4.63. The lowest BCUT2D eigenvalue weighted by Crippen LogP contribution is -2.24. The molecule has 0 aliphatic carbocycles. The predicted octanol–water partition coefficient (Wildman–Crippen LogP) is 2.74. The van der Waals surface area contributed by atoms with Gasteiger partial charge in [0.15, 0.2) is 0 Å². The summed E-state index contributed by atoms with van der Waals surface area (Å²) in [6.45, 7) is 5.86. The molecule has 0 aliphatic heterocycles. The molecule has 17 heavy (non-hydrogen) atoms. The van der Waals surface area contributed by atoms with Crippen molar-refractivity contribution in [2.75, 3.05) is 6.61 Å². The van der Waals surface area contributed by atoms with E-state index in [2.05, 4.69) is 5.16 Å². The molecule has 0 atom stereocenters. The molecule has 0 unspecified atom stereocenters. The van der Waals surface area contributed by atoms with E-state index >= 15 is 0 Å². The van der Waals surface area contributed by atoms with Gasteiger partial charge in [-0.3, -0.25) is 0 Å². The lowest BCUT2D eigenvalue weighted by atomic mass is 9.91. The Morgan fingerprint density at radius 2 is 2.12 bits per heavy atom. The Balaban J connectivity index is 2.59. The third kappa shape index (κ3) is 4.53. The number of rotatable bonds is 4. The molecular formula is C13H18FNO2. The summed E-state index contributed by atoms with van der Waals surface area (Å²) in [6, 6.07) is 6.15. The molecule has 0 fully saturated rings. The lowest BCUT2D eigenvalue weighted by Gasteiger charge is -2.18. The van der Waals surface area contributed by atoms with Crippen molar-refractivity contribution >= 4 is 5.71 Å². The molecule has 4 heteroatoms. The van der Waals surface area contributed by atoms with Gasteiger partial charge in [0, 0.05) is 5.41 Å². The maximum Gasteiger partial charge on any atom is 0.142 e. The fourth-order valence-electron chi connectivity index (χ4n) is 1.21. The summed E-state index contributed by atoms with van der Waals surface area (Å²) >= 11 is 0. The molecule has 0 saturated carbocycles. The second-order valence-corrected chi connectivity index (χ2v) is 4.85. The highest BCUT2D eigenvalue weighted by atomic mass is 19.1. The van der Waals surface area contributed by atoms with E-state index in [-0.39, 0.29) is 24.4 Å². The molecular weight excluding hydrogens is 221 g/mol. The van der Waals surface area contributed by atoms with Crippen molar-refractivity contribution in [1.29, 1.82) is 0 Å². The third-order valence-corrected chi connectivity index (χ3v) is 2.31. The van der Waals surface area contributed by atoms with Crippen LogP contribution in [0.1, 0.15) is 26.3 Å². The molecule has 0 bridgehead atoms. The van der Waals surface area contributed by atoms with E-state index in [1.807, 2.05) is 20.8 Å². The molecule has 0 radical (unpaired) electrons. The summed E-state index contributed by atoms with van der Waals surface area (Å²) in [4.78, 5) is 5.12. The van der Waals surface area contributed by atoms with Crippen molar-refractivity contribution in [2.45, 2.75) is 27.4 Å². The van der Waals surface area contributed by atoms with Crippen LogP contribution in [0.4, 0.5) is 4.39 Å². The average molecular weight is 239 g/mol. The topological polar surface area (TPSA) is 41.8 Å². The highest BCUT2D eigenvalue weighted by Gasteiger charge is 2.18. The van der Waals surface area contributed by atoms with Gasteiger partial charge < -0.3 is 9.94 Å². The Hall–Kier alpha value is -1.42. The van der Waals surface area contributed by atoms with Crippen molar-refractivity contribution < 1.29 is 14.3 Å². The molecule has 1 rings (SSSR count).